The molecule has 1 saturated carbocycles. The second-order valence-corrected chi connectivity index (χ2v) is 7.90. The molecule has 2 heterocycles. The lowest BCUT2D eigenvalue weighted by atomic mass is 9.99. The van der Waals surface area contributed by atoms with Crippen molar-refractivity contribution in [2.45, 2.75) is 58.0 Å². The van der Waals surface area contributed by atoms with E-state index >= 15 is 0 Å². The van der Waals surface area contributed by atoms with E-state index < -0.39 is 0 Å². The Bertz CT molecular complexity index is 635. The van der Waals surface area contributed by atoms with Crippen LogP contribution in [0.5, 0.6) is 0 Å². The van der Waals surface area contributed by atoms with E-state index in [0.717, 1.165) is 23.2 Å². The number of aryl methyl sites for hydroxylation is 2. The zero-order chi connectivity index (χ0) is 15.1. The van der Waals surface area contributed by atoms with Crippen LogP contribution in [0.25, 0.3) is 10.8 Å². The van der Waals surface area contributed by atoms with Gasteiger partial charge < -0.3 is 4.42 Å². The molecular weight excluding hydrogens is 294 g/mol. The number of aromatic nitrogens is 2. The van der Waals surface area contributed by atoms with E-state index in [9.17, 15) is 0 Å². The molecule has 4 nitrogen and oxygen atoms in total. The molecule has 22 heavy (non-hydrogen) atoms. The average molecular weight is 317 g/mol. The molecule has 1 unspecified atom stereocenters. The maximum Gasteiger partial charge on any atom is 0.257 e. The van der Waals surface area contributed by atoms with Gasteiger partial charge in [0.25, 0.3) is 5.89 Å². The van der Waals surface area contributed by atoms with E-state index in [1.54, 1.807) is 0 Å². The van der Waals surface area contributed by atoms with Crippen LogP contribution >= 0.6 is 11.3 Å². The Morgan fingerprint density at radius 2 is 2.14 bits per heavy atom. The van der Waals surface area contributed by atoms with Crippen LogP contribution < -0.4 is 0 Å². The SMILES string of the molecule is CC(C1CC1)N(C)Cc1nnc(-c2cc3c(s2)CCCC3)o1. The lowest BCUT2D eigenvalue weighted by Gasteiger charge is -2.22. The minimum atomic E-state index is 0.601. The number of thiophene rings is 1. The van der Waals surface area contributed by atoms with Crippen molar-refractivity contribution in [2.75, 3.05) is 7.05 Å². The highest BCUT2D eigenvalue weighted by Crippen LogP contribution is 2.36. The highest BCUT2D eigenvalue weighted by molar-refractivity contribution is 7.15. The number of rotatable bonds is 5. The standard InChI is InChI=1S/C17H23N3OS/c1-11(12-7-8-12)20(2)10-16-18-19-17(21-16)15-9-13-5-3-4-6-14(13)22-15/h9,11-12H,3-8,10H2,1-2H3. The van der Waals surface area contributed by atoms with E-state index in [-0.39, 0.29) is 0 Å². The largest absolute Gasteiger partial charge is 0.419 e. The monoisotopic (exact) mass is 317 g/mol. The minimum Gasteiger partial charge on any atom is -0.419 e. The van der Waals surface area contributed by atoms with Gasteiger partial charge in [-0.05, 0) is 70.0 Å². The fourth-order valence-corrected chi connectivity index (χ4v) is 4.48. The Kier molecular flexibility index (Phi) is 3.78. The first kappa shape index (κ1) is 14.4. The zero-order valence-corrected chi connectivity index (χ0v) is 14.2. The number of nitrogens with zero attached hydrogens (tertiary/aromatic N) is 3. The normalized spacial score (nSPS) is 19.4. The molecule has 0 aliphatic heterocycles. The molecule has 2 aliphatic carbocycles. The number of hydrogen-bond donors (Lipinski definition) is 0. The first-order valence-corrected chi connectivity index (χ1v) is 9.17. The Labute approximate surface area is 135 Å². The highest BCUT2D eigenvalue weighted by atomic mass is 32.1. The zero-order valence-electron chi connectivity index (χ0n) is 13.3. The van der Waals surface area contributed by atoms with Gasteiger partial charge in [0.2, 0.25) is 5.89 Å². The second kappa shape index (κ2) is 5.78. The van der Waals surface area contributed by atoms with Crippen molar-refractivity contribution < 1.29 is 4.42 Å². The van der Waals surface area contributed by atoms with Gasteiger partial charge in [-0.1, -0.05) is 0 Å². The summed E-state index contributed by atoms with van der Waals surface area (Å²) in [7, 11) is 2.15. The number of fused-ring (bicyclic) bond motifs is 1. The Morgan fingerprint density at radius 3 is 2.91 bits per heavy atom. The molecule has 2 aromatic heterocycles. The fourth-order valence-electron chi connectivity index (χ4n) is 3.31. The molecule has 1 atom stereocenters. The molecule has 0 amide bonds. The fraction of sp³-hybridized carbons (Fsp3) is 0.647. The maximum absolute atomic E-state index is 5.91. The first-order chi connectivity index (χ1) is 10.7. The molecule has 5 heteroatoms. The molecule has 1 fully saturated rings. The van der Waals surface area contributed by atoms with Crippen molar-refractivity contribution in [3.05, 3.63) is 22.4 Å². The van der Waals surface area contributed by atoms with E-state index in [1.807, 2.05) is 11.3 Å². The van der Waals surface area contributed by atoms with Gasteiger partial charge in [0.15, 0.2) is 0 Å². The van der Waals surface area contributed by atoms with Crippen molar-refractivity contribution in [2.24, 2.45) is 5.92 Å². The molecule has 0 aromatic carbocycles. The van der Waals surface area contributed by atoms with Gasteiger partial charge in [-0.2, -0.15) is 0 Å². The van der Waals surface area contributed by atoms with Crippen molar-refractivity contribution in [1.82, 2.24) is 15.1 Å². The molecule has 2 aliphatic rings. The van der Waals surface area contributed by atoms with E-state index in [2.05, 4.69) is 35.1 Å². The molecule has 0 bridgehead atoms. The highest BCUT2D eigenvalue weighted by Gasteiger charge is 2.31. The average Bonchev–Trinajstić information content (AvgIpc) is 3.11. The lowest BCUT2D eigenvalue weighted by Crippen LogP contribution is -2.30. The third kappa shape index (κ3) is 2.84. The molecule has 0 spiro atoms. The molecular formula is C17H23N3OS. The summed E-state index contributed by atoms with van der Waals surface area (Å²) in [5.74, 6) is 2.29. The third-order valence-electron chi connectivity index (χ3n) is 5.06. The topological polar surface area (TPSA) is 42.2 Å². The third-order valence-corrected chi connectivity index (χ3v) is 6.28. The van der Waals surface area contributed by atoms with Crippen molar-refractivity contribution in [3.8, 4) is 10.8 Å². The second-order valence-electron chi connectivity index (χ2n) is 6.76. The van der Waals surface area contributed by atoms with Crippen LogP contribution in [-0.2, 0) is 19.4 Å². The summed E-state index contributed by atoms with van der Waals surface area (Å²) in [4.78, 5) is 4.98. The van der Waals surface area contributed by atoms with Crippen LogP contribution in [-0.4, -0.2) is 28.2 Å². The van der Waals surface area contributed by atoms with Crippen LogP contribution in [0, 0.1) is 5.92 Å². The smallest absolute Gasteiger partial charge is 0.257 e. The summed E-state index contributed by atoms with van der Waals surface area (Å²) in [5.41, 5.74) is 1.49. The predicted octanol–water partition coefficient (Wildman–Crippen LogP) is 3.91. The van der Waals surface area contributed by atoms with Crippen LogP contribution in [0.3, 0.4) is 0 Å². The van der Waals surface area contributed by atoms with E-state index in [0.29, 0.717) is 11.9 Å². The summed E-state index contributed by atoms with van der Waals surface area (Å²) in [6.45, 7) is 3.04. The van der Waals surface area contributed by atoms with E-state index in [1.165, 1.54) is 49.0 Å². The van der Waals surface area contributed by atoms with Crippen LogP contribution in [0.4, 0.5) is 0 Å². The molecule has 4 rings (SSSR count). The number of hydrogen-bond acceptors (Lipinski definition) is 5. The molecule has 0 N–H and O–H groups in total. The van der Waals surface area contributed by atoms with Crippen LogP contribution in [0.2, 0.25) is 0 Å². The van der Waals surface area contributed by atoms with Gasteiger partial charge in [0, 0.05) is 10.9 Å². The molecule has 2 aromatic rings. The van der Waals surface area contributed by atoms with Gasteiger partial charge in [-0.25, -0.2) is 0 Å². The summed E-state index contributed by atoms with van der Waals surface area (Å²) in [6.07, 6.45) is 7.76. The summed E-state index contributed by atoms with van der Waals surface area (Å²) in [5, 5.41) is 8.52. The molecule has 0 saturated heterocycles. The Morgan fingerprint density at radius 1 is 1.32 bits per heavy atom. The maximum atomic E-state index is 5.91. The van der Waals surface area contributed by atoms with E-state index in [4.69, 9.17) is 4.42 Å². The van der Waals surface area contributed by atoms with Gasteiger partial charge >= 0.3 is 0 Å². The first-order valence-electron chi connectivity index (χ1n) is 8.35. The van der Waals surface area contributed by atoms with Crippen molar-refractivity contribution >= 4 is 11.3 Å². The minimum absolute atomic E-state index is 0.601. The van der Waals surface area contributed by atoms with Gasteiger partial charge in [-0.3, -0.25) is 4.90 Å². The molecule has 118 valence electrons. The summed E-state index contributed by atoms with van der Waals surface area (Å²) in [6, 6.07) is 2.86. The summed E-state index contributed by atoms with van der Waals surface area (Å²) < 4.78 is 5.91. The quantitative estimate of drug-likeness (QED) is 0.838. The van der Waals surface area contributed by atoms with Gasteiger partial charge in [0.1, 0.15) is 0 Å². The predicted molar refractivity (Wildman–Crippen MR) is 87.9 cm³/mol. The van der Waals surface area contributed by atoms with Gasteiger partial charge in [0.05, 0.1) is 11.4 Å². The van der Waals surface area contributed by atoms with Crippen LogP contribution in [0.1, 0.15) is 48.9 Å². The van der Waals surface area contributed by atoms with Crippen molar-refractivity contribution in [1.29, 1.82) is 0 Å². The lowest BCUT2D eigenvalue weighted by molar-refractivity contribution is 0.206. The Hall–Kier alpha value is -1.20. The summed E-state index contributed by atoms with van der Waals surface area (Å²) >= 11 is 1.83. The van der Waals surface area contributed by atoms with Crippen molar-refractivity contribution in [3.63, 3.8) is 0 Å². The van der Waals surface area contributed by atoms with Gasteiger partial charge in [-0.15, -0.1) is 21.5 Å². The molecule has 0 radical (unpaired) electrons. The Balaban J connectivity index is 1.47. The van der Waals surface area contributed by atoms with Crippen LogP contribution in [0.15, 0.2) is 10.5 Å².